The van der Waals surface area contributed by atoms with Crippen LogP contribution in [0.1, 0.15) is 37.6 Å². The van der Waals surface area contributed by atoms with Crippen molar-refractivity contribution in [2.24, 2.45) is 0 Å². The maximum atomic E-state index is 12.0. The van der Waals surface area contributed by atoms with Gasteiger partial charge in [0.15, 0.2) is 5.82 Å². The van der Waals surface area contributed by atoms with Gasteiger partial charge in [-0.2, -0.15) is 0 Å². The summed E-state index contributed by atoms with van der Waals surface area (Å²) in [6.07, 6.45) is 11.0. The Morgan fingerprint density at radius 3 is 2.61 bits per heavy atom. The predicted octanol–water partition coefficient (Wildman–Crippen LogP) is 4.48. The molecule has 2 N–H and O–H groups in total. The van der Waals surface area contributed by atoms with E-state index in [1.54, 1.807) is 12.3 Å². The molecule has 3 heterocycles. The summed E-state index contributed by atoms with van der Waals surface area (Å²) in [6.45, 7) is 2.66. The molecule has 4 aromatic rings. The van der Waals surface area contributed by atoms with Gasteiger partial charge in [-0.3, -0.25) is 5.21 Å². The first kappa shape index (κ1) is 25.1. The highest BCUT2D eigenvalue weighted by Crippen LogP contribution is 2.38. The van der Waals surface area contributed by atoms with Crippen LogP contribution in [0, 0.1) is 0 Å². The van der Waals surface area contributed by atoms with Gasteiger partial charge in [0.1, 0.15) is 11.4 Å². The fourth-order valence-corrected chi connectivity index (χ4v) is 4.78. The van der Waals surface area contributed by atoms with E-state index < -0.39 is 11.5 Å². The standard InChI is InChI=1S/C28H29N7O3/c1-3-4-14-28(15-13-22(19-35(28)37)26(36)38-2)27-29-16-17-34(27)18-20-9-11-21(12-10-20)23-7-5-6-8-24(23)25-30-32-33-31-25/h5-13,15-17,19,37H,3-4,14,18H2,1-2H3,(H,30,31,32,33). The van der Waals surface area contributed by atoms with E-state index in [1.807, 2.05) is 41.1 Å². The van der Waals surface area contributed by atoms with E-state index >= 15 is 0 Å². The number of aromatic nitrogens is 6. The molecule has 0 fully saturated rings. The van der Waals surface area contributed by atoms with Crippen molar-refractivity contribution in [2.75, 3.05) is 7.11 Å². The first-order valence-corrected chi connectivity index (χ1v) is 12.5. The molecule has 2 aromatic heterocycles. The SMILES string of the molecule is CCCCC1(c2nccn2Cc2ccc(-c3ccccc3-c3nnn[nH]3)cc2)C=CC(C(=O)OC)=CN1O. The van der Waals surface area contributed by atoms with Gasteiger partial charge in [-0.05, 0) is 45.7 Å². The van der Waals surface area contributed by atoms with Gasteiger partial charge < -0.3 is 9.30 Å². The second-order valence-corrected chi connectivity index (χ2v) is 9.15. The molecule has 10 nitrogen and oxygen atoms in total. The Labute approximate surface area is 220 Å². The maximum absolute atomic E-state index is 12.0. The zero-order chi connectivity index (χ0) is 26.5. The van der Waals surface area contributed by atoms with E-state index in [4.69, 9.17) is 4.74 Å². The van der Waals surface area contributed by atoms with E-state index in [9.17, 15) is 10.0 Å². The highest BCUT2D eigenvalue weighted by Gasteiger charge is 2.40. The zero-order valence-electron chi connectivity index (χ0n) is 21.3. The van der Waals surface area contributed by atoms with Crippen molar-refractivity contribution in [3.63, 3.8) is 0 Å². The predicted molar refractivity (Wildman–Crippen MR) is 140 cm³/mol. The minimum Gasteiger partial charge on any atom is -0.465 e. The quantitative estimate of drug-likeness (QED) is 0.316. The number of hydroxylamine groups is 2. The Bertz CT molecular complexity index is 1460. The number of ether oxygens (including phenoxy) is 1. The van der Waals surface area contributed by atoms with Gasteiger partial charge in [0, 0.05) is 30.7 Å². The van der Waals surface area contributed by atoms with E-state index in [0.29, 0.717) is 24.6 Å². The number of hydrogen-bond donors (Lipinski definition) is 2. The number of unbranched alkanes of at least 4 members (excludes halogenated alkanes) is 1. The summed E-state index contributed by atoms with van der Waals surface area (Å²) in [5.74, 6) is 0.801. The summed E-state index contributed by atoms with van der Waals surface area (Å²) >= 11 is 0. The van der Waals surface area contributed by atoms with Crippen molar-refractivity contribution < 1.29 is 14.7 Å². The average Bonchev–Trinajstić information content (AvgIpc) is 3.66. The molecule has 194 valence electrons. The molecule has 0 spiro atoms. The molecule has 0 bridgehead atoms. The number of aromatic amines is 1. The average molecular weight is 512 g/mol. The van der Waals surface area contributed by atoms with Crippen LogP contribution in [0.25, 0.3) is 22.5 Å². The van der Waals surface area contributed by atoms with Gasteiger partial charge in [-0.25, -0.2) is 19.9 Å². The topological polar surface area (TPSA) is 122 Å². The highest BCUT2D eigenvalue weighted by atomic mass is 16.5. The Hall–Kier alpha value is -4.57. The molecule has 1 aliphatic heterocycles. The second-order valence-electron chi connectivity index (χ2n) is 9.15. The first-order valence-electron chi connectivity index (χ1n) is 12.5. The van der Waals surface area contributed by atoms with Crippen LogP contribution in [-0.4, -0.2) is 53.5 Å². The Morgan fingerprint density at radius 1 is 1.13 bits per heavy atom. The highest BCUT2D eigenvalue weighted by molar-refractivity contribution is 5.91. The van der Waals surface area contributed by atoms with Crippen LogP contribution in [-0.2, 0) is 21.6 Å². The number of carbonyl (C=O) groups is 1. The van der Waals surface area contributed by atoms with E-state index in [2.05, 4.69) is 56.8 Å². The normalized spacial score (nSPS) is 16.9. The van der Waals surface area contributed by atoms with Gasteiger partial charge >= 0.3 is 5.97 Å². The van der Waals surface area contributed by atoms with Crippen LogP contribution in [0.2, 0.25) is 0 Å². The second kappa shape index (κ2) is 10.8. The molecule has 1 atom stereocenters. The van der Waals surface area contributed by atoms with Gasteiger partial charge in [0.05, 0.1) is 12.7 Å². The number of H-pyrrole nitrogens is 1. The number of benzene rings is 2. The largest absolute Gasteiger partial charge is 0.465 e. The summed E-state index contributed by atoms with van der Waals surface area (Å²) in [5, 5.41) is 26.5. The summed E-state index contributed by atoms with van der Waals surface area (Å²) in [4.78, 5) is 16.7. The Balaban J connectivity index is 1.43. The number of rotatable bonds is 9. The lowest BCUT2D eigenvalue weighted by molar-refractivity contribution is -0.139. The smallest absolute Gasteiger partial charge is 0.339 e. The molecule has 0 saturated carbocycles. The van der Waals surface area contributed by atoms with Crippen molar-refractivity contribution in [1.82, 2.24) is 35.2 Å². The van der Waals surface area contributed by atoms with Crippen molar-refractivity contribution in [3.8, 4) is 22.5 Å². The van der Waals surface area contributed by atoms with Crippen molar-refractivity contribution in [3.05, 3.63) is 96.2 Å². The van der Waals surface area contributed by atoms with Crippen LogP contribution in [0.5, 0.6) is 0 Å². The van der Waals surface area contributed by atoms with Gasteiger partial charge in [0.2, 0.25) is 0 Å². The van der Waals surface area contributed by atoms with Crippen molar-refractivity contribution >= 4 is 5.97 Å². The third-order valence-corrected chi connectivity index (χ3v) is 6.79. The Morgan fingerprint density at radius 2 is 1.92 bits per heavy atom. The minimum atomic E-state index is -0.902. The van der Waals surface area contributed by atoms with Crippen LogP contribution >= 0.6 is 0 Å². The molecule has 0 saturated heterocycles. The van der Waals surface area contributed by atoms with Crippen LogP contribution in [0.4, 0.5) is 0 Å². The third-order valence-electron chi connectivity index (χ3n) is 6.79. The molecular formula is C28H29N7O3. The number of nitrogens with zero attached hydrogens (tertiary/aromatic N) is 6. The van der Waals surface area contributed by atoms with Crippen LogP contribution in [0.15, 0.2) is 84.8 Å². The summed E-state index contributed by atoms with van der Waals surface area (Å²) in [6, 6.07) is 16.3. The molecule has 0 amide bonds. The molecule has 1 unspecified atom stereocenters. The van der Waals surface area contributed by atoms with Gasteiger partial charge in [-0.15, -0.1) is 5.10 Å². The Kier molecular flexibility index (Phi) is 7.14. The number of methoxy groups -OCH3 is 1. The summed E-state index contributed by atoms with van der Waals surface area (Å²) in [7, 11) is 1.32. The number of esters is 1. The number of hydrogen-bond acceptors (Lipinski definition) is 8. The van der Waals surface area contributed by atoms with E-state index in [0.717, 1.165) is 40.2 Å². The molecule has 0 aliphatic carbocycles. The first-order chi connectivity index (χ1) is 18.6. The molecule has 38 heavy (non-hydrogen) atoms. The van der Waals surface area contributed by atoms with Crippen LogP contribution in [0.3, 0.4) is 0 Å². The molecule has 1 aliphatic rings. The van der Waals surface area contributed by atoms with Gasteiger partial charge in [-0.1, -0.05) is 68.3 Å². The molecule has 10 heteroatoms. The lowest BCUT2D eigenvalue weighted by Crippen LogP contribution is -2.44. The maximum Gasteiger partial charge on any atom is 0.339 e. The molecule has 0 radical (unpaired) electrons. The monoisotopic (exact) mass is 511 g/mol. The summed E-state index contributed by atoms with van der Waals surface area (Å²) < 4.78 is 6.85. The molecule has 2 aromatic carbocycles. The number of nitrogens with one attached hydrogen (secondary N) is 1. The van der Waals surface area contributed by atoms with E-state index in [1.165, 1.54) is 13.3 Å². The molecular weight excluding hydrogens is 482 g/mol. The lowest BCUT2D eigenvalue weighted by atomic mass is 9.87. The fourth-order valence-electron chi connectivity index (χ4n) is 4.78. The van der Waals surface area contributed by atoms with Gasteiger partial charge in [0.25, 0.3) is 0 Å². The van der Waals surface area contributed by atoms with Crippen molar-refractivity contribution in [1.29, 1.82) is 0 Å². The van der Waals surface area contributed by atoms with Crippen molar-refractivity contribution in [2.45, 2.75) is 38.3 Å². The zero-order valence-corrected chi connectivity index (χ0v) is 21.3. The number of tetrazole rings is 1. The van der Waals surface area contributed by atoms with E-state index in [-0.39, 0.29) is 5.57 Å². The number of imidazole rings is 1. The summed E-state index contributed by atoms with van der Waals surface area (Å²) in [5.41, 5.74) is 3.44. The molecule has 5 rings (SSSR count). The third kappa shape index (κ3) is 4.73. The number of carbonyl (C=O) groups excluding carboxylic acids is 1. The minimum absolute atomic E-state index is 0.275. The van der Waals surface area contributed by atoms with Crippen LogP contribution < -0.4 is 0 Å². The fraction of sp³-hybridized carbons (Fsp3) is 0.250. The lowest BCUT2D eigenvalue weighted by Gasteiger charge is -2.39.